The Morgan fingerprint density at radius 3 is 2.65 bits per heavy atom. The molecule has 0 saturated heterocycles. The summed E-state index contributed by atoms with van der Waals surface area (Å²) in [5.74, 6) is 0.206. The number of halogens is 1. The van der Waals surface area contributed by atoms with E-state index in [1.165, 1.54) is 12.1 Å². The van der Waals surface area contributed by atoms with Crippen molar-refractivity contribution in [1.29, 1.82) is 5.26 Å². The van der Waals surface area contributed by atoms with Crippen LogP contribution in [0.2, 0.25) is 0 Å². The lowest BCUT2D eigenvalue weighted by molar-refractivity contribution is 0.305. The minimum absolute atomic E-state index is 0.303. The Balaban J connectivity index is 1.85. The second kappa shape index (κ2) is 8.19. The topological polar surface area (TPSA) is 36.3 Å². The zero-order valence-corrected chi connectivity index (χ0v) is 13.5. The second-order valence-electron chi connectivity index (χ2n) is 5.62. The molecule has 120 valence electrons. The molecule has 0 aliphatic rings. The first-order valence-corrected chi connectivity index (χ1v) is 7.65. The molecule has 0 aliphatic carbocycles. The average Bonchev–Trinajstić information content (AvgIpc) is 2.55. The fraction of sp³-hybridized carbons (Fsp3) is 0.316. The summed E-state index contributed by atoms with van der Waals surface area (Å²) >= 11 is 0. The fourth-order valence-corrected chi connectivity index (χ4v) is 2.36. The second-order valence-corrected chi connectivity index (χ2v) is 5.62. The van der Waals surface area contributed by atoms with Crippen LogP contribution in [0.5, 0.6) is 5.75 Å². The number of rotatable bonds is 7. The molecular weight excluding hydrogens is 291 g/mol. The average molecular weight is 312 g/mol. The normalized spacial score (nSPS) is 11.6. The molecule has 0 N–H and O–H groups in total. The fourth-order valence-electron chi connectivity index (χ4n) is 2.36. The summed E-state index contributed by atoms with van der Waals surface area (Å²) in [5.41, 5.74) is 1.80. The van der Waals surface area contributed by atoms with Crippen molar-refractivity contribution in [2.45, 2.75) is 18.8 Å². The molecule has 2 aromatic rings. The van der Waals surface area contributed by atoms with Crippen LogP contribution in [0.1, 0.15) is 24.3 Å². The third-order valence-corrected chi connectivity index (χ3v) is 3.65. The molecular formula is C19H21FN2O. The third kappa shape index (κ3) is 5.00. The largest absolute Gasteiger partial charge is 0.494 e. The molecule has 2 rings (SSSR count). The number of ether oxygens (including phenoxy) is 1. The number of nitriles is 1. The van der Waals surface area contributed by atoms with Gasteiger partial charge in [-0.3, -0.25) is 0 Å². The van der Waals surface area contributed by atoms with Gasteiger partial charge in [-0.15, -0.1) is 0 Å². The van der Waals surface area contributed by atoms with Gasteiger partial charge in [-0.2, -0.15) is 5.26 Å². The predicted octanol–water partition coefficient (Wildman–Crippen LogP) is 4.36. The number of hydrogen-bond acceptors (Lipinski definition) is 3. The number of anilines is 1. The lowest BCUT2D eigenvalue weighted by Crippen LogP contribution is -2.08. The molecule has 1 unspecified atom stereocenters. The van der Waals surface area contributed by atoms with Gasteiger partial charge in [-0.1, -0.05) is 18.2 Å². The van der Waals surface area contributed by atoms with Gasteiger partial charge in [0.15, 0.2) is 0 Å². The molecule has 0 aliphatic heterocycles. The Kier molecular flexibility index (Phi) is 5.99. The van der Waals surface area contributed by atoms with E-state index in [-0.39, 0.29) is 11.7 Å². The van der Waals surface area contributed by atoms with E-state index >= 15 is 0 Å². The van der Waals surface area contributed by atoms with Gasteiger partial charge >= 0.3 is 0 Å². The summed E-state index contributed by atoms with van der Waals surface area (Å²) in [6.07, 6.45) is 1.38. The van der Waals surface area contributed by atoms with Crippen molar-refractivity contribution in [2.24, 2.45) is 0 Å². The van der Waals surface area contributed by atoms with Crippen LogP contribution >= 0.6 is 0 Å². The lowest BCUT2D eigenvalue weighted by Gasteiger charge is -2.14. The Morgan fingerprint density at radius 2 is 1.96 bits per heavy atom. The van der Waals surface area contributed by atoms with Gasteiger partial charge in [0, 0.05) is 25.8 Å². The van der Waals surface area contributed by atoms with E-state index in [1.807, 2.05) is 43.3 Å². The molecule has 2 aromatic carbocycles. The van der Waals surface area contributed by atoms with Gasteiger partial charge in [0.1, 0.15) is 11.6 Å². The molecule has 0 radical (unpaired) electrons. The van der Waals surface area contributed by atoms with Gasteiger partial charge in [-0.05, 0) is 42.7 Å². The van der Waals surface area contributed by atoms with Crippen molar-refractivity contribution >= 4 is 5.69 Å². The molecule has 0 spiro atoms. The predicted molar refractivity (Wildman–Crippen MR) is 90.3 cm³/mol. The SMILES string of the molecule is CN(C)c1cccc(OCCCC(C#N)c2cccc(F)c2)c1. The van der Waals surface area contributed by atoms with Crippen LogP contribution < -0.4 is 9.64 Å². The monoisotopic (exact) mass is 312 g/mol. The summed E-state index contributed by atoms with van der Waals surface area (Å²) < 4.78 is 19.0. The molecule has 0 bridgehead atoms. The number of benzene rings is 2. The first kappa shape index (κ1) is 16.8. The van der Waals surface area contributed by atoms with Gasteiger partial charge in [0.2, 0.25) is 0 Å². The van der Waals surface area contributed by atoms with Crippen molar-refractivity contribution in [3.05, 3.63) is 59.9 Å². The van der Waals surface area contributed by atoms with Crippen LogP contribution in [-0.2, 0) is 0 Å². The zero-order valence-electron chi connectivity index (χ0n) is 13.5. The highest BCUT2D eigenvalue weighted by Crippen LogP contribution is 2.23. The van der Waals surface area contributed by atoms with E-state index in [4.69, 9.17) is 4.74 Å². The van der Waals surface area contributed by atoms with E-state index in [9.17, 15) is 9.65 Å². The van der Waals surface area contributed by atoms with Crippen LogP contribution in [-0.4, -0.2) is 20.7 Å². The number of nitrogens with zero attached hydrogens (tertiary/aromatic N) is 2. The van der Waals surface area contributed by atoms with Gasteiger partial charge in [0.05, 0.1) is 18.6 Å². The molecule has 4 heteroatoms. The third-order valence-electron chi connectivity index (χ3n) is 3.65. The first-order chi connectivity index (χ1) is 11.1. The van der Waals surface area contributed by atoms with Crippen molar-refractivity contribution in [1.82, 2.24) is 0 Å². The van der Waals surface area contributed by atoms with Gasteiger partial charge in [0.25, 0.3) is 0 Å². The zero-order chi connectivity index (χ0) is 16.7. The smallest absolute Gasteiger partial charge is 0.123 e. The molecule has 3 nitrogen and oxygen atoms in total. The highest BCUT2D eigenvalue weighted by Gasteiger charge is 2.11. The summed E-state index contributed by atoms with van der Waals surface area (Å²) in [7, 11) is 3.96. The maximum absolute atomic E-state index is 13.2. The minimum atomic E-state index is -0.306. The van der Waals surface area contributed by atoms with Crippen molar-refractivity contribution in [3.63, 3.8) is 0 Å². The molecule has 23 heavy (non-hydrogen) atoms. The summed E-state index contributed by atoms with van der Waals surface area (Å²) in [6.45, 7) is 0.532. The molecule has 0 amide bonds. The van der Waals surface area contributed by atoms with Crippen molar-refractivity contribution in [3.8, 4) is 11.8 Å². The van der Waals surface area contributed by atoms with E-state index in [0.29, 0.717) is 13.0 Å². The van der Waals surface area contributed by atoms with Crippen LogP contribution in [0.3, 0.4) is 0 Å². The molecule has 0 heterocycles. The van der Waals surface area contributed by atoms with Crippen LogP contribution in [0.25, 0.3) is 0 Å². The first-order valence-electron chi connectivity index (χ1n) is 7.65. The Hall–Kier alpha value is -2.54. The number of hydrogen-bond donors (Lipinski definition) is 0. The van der Waals surface area contributed by atoms with Crippen LogP contribution in [0, 0.1) is 17.1 Å². The highest BCUT2D eigenvalue weighted by atomic mass is 19.1. The van der Waals surface area contributed by atoms with E-state index in [1.54, 1.807) is 12.1 Å². The maximum atomic E-state index is 13.2. The Labute approximate surface area is 136 Å². The van der Waals surface area contributed by atoms with E-state index in [2.05, 4.69) is 6.07 Å². The van der Waals surface area contributed by atoms with Crippen molar-refractivity contribution in [2.75, 3.05) is 25.6 Å². The van der Waals surface area contributed by atoms with E-state index < -0.39 is 0 Å². The quantitative estimate of drug-likeness (QED) is 0.713. The lowest BCUT2D eigenvalue weighted by atomic mass is 9.96. The molecule has 0 saturated carbocycles. The standard InChI is InChI=1S/C19H21FN2O/c1-22(2)18-9-4-10-19(13-18)23-11-5-7-16(14-21)15-6-3-8-17(20)12-15/h3-4,6,8-10,12-13,16H,5,7,11H2,1-2H3. The summed E-state index contributed by atoms with van der Waals surface area (Å²) in [5, 5.41) is 9.27. The molecule has 0 fully saturated rings. The highest BCUT2D eigenvalue weighted by molar-refractivity contribution is 5.49. The van der Waals surface area contributed by atoms with Crippen LogP contribution in [0.15, 0.2) is 48.5 Å². The van der Waals surface area contributed by atoms with Crippen molar-refractivity contribution < 1.29 is 9.13 Å². The van der Waals surface area contributed by atoms with Gasteiger partial charge in [-0.25, -0.2) is 4.39 Å². The minimum Gasteiger partial charge on any atom is -0.494 e. The van der Waals surface area contributed by atoms with Gasteiger partial charge < -0.3 is 9.64 Å². The Morgan fingerprint density at radius 1 is 1.17 bits per heavy atom. The molecule has 0 aromatic heterocycles. The Bertz CT molecular complexity index is 679. The summed E-state index contributed by atoms with van der Waals surface area (Å²) in [4.78, 5) is 2.02. The van der Waals surface area contributed by atoms with E-state index in [0.717, 1.165) is 23.4 Å². The maximum Gasteiger partial charge on any atom is 0.123 e. The summed E-state index contributed by atoms with van der Waals surface area (Å²) in [6, 6.07) is 16.3. The molecule has 1 atom stereocenters. The van der Waals surface area contributed by atoms with Crippen LogP contribution in [0.4, 0.5) is 10.1 Å².